The number of piperazine rings is 2. The Bertz CT molecular complexity index is 1190. The maximum atomic E-state index is 12.9. The van der Waals surface area contributed by atoms with Gasteiger partial charge < -0.3 is 14.5 Å². The average Bonchev–Trinajstić information content (AvgIpc) is 3.25. The molecule has 3 aromatic rings. The van der Waals surface area contributed by atoms with E-state index in [-0.39, 0.29) is 24.1 Å². The summed E-state index contributed by atoms with van der Waals surface area (Å²) in [7, 11) is 1.84. The first kappa shape index (κ1) is 23.1. The van der Waals surface area contributed by atoms with Crippen molar-refractivity contribution in [3.05, 3.63) is 53.3 Å². The summed E-state index contributed by atoms with van der Waals surface area (Å²) < 4.78 is 33.1. The molecule has 2 fully saturated rings. The van der Waals surface area contributed by atoms with Gasteiger partial charge in [0, 0.05) is 51.4 Å². The van der Waals surface area contributed by atoms with Crippen LogP contribution in [0.15, 0.2) is 36.4 Å². The molecule has 5 rings (SSSR count). The van der Waals surface area contributed by atoms with Crippen molar-refractivity contribution < 1.29 is 18.3 Å². The van der Waals surface area contributed by atoms with Gasteiger partial charge in [-0.1, -0.05) is 17.3 Å². The molecule has 2 saturated heterocycles. The van der Waals surface area contributed by atoms with Gasteiger partial charge in [0.25, 0.3) is 6.43 Å². The number of halogens is 2. The summed E-state index contributed by atoms with van der Waals surface area (Å²) in [4.78, 5) is 18.6. The molecule has 2 aliphatic rings. The summed E-state index contributed by atoms with van der Waals surface area (Å²) in [6, 6.07) is 9.29. The van der Waals surface area contributed by atoms with Gasteiger partial charge in [-0.25, -0.2) is 13.5 Å². The van der Waals surface area contributed by atoms with Crippen molar-refractivity contribution in [2.75, 3.05) is 44.7 Å². The van der Waals surface area contributed by atoms with Crippen LogP contribution in [0.3, 0.4) is 0 Å². The molecule has 10 nitrogen and oxygen atoms in total. The third-order valence-electron chi connectivity index (χ3n) is 6.53. The van der Waals surface area contributed by atoms with E-state index in [0.29, 0.717) is 35.3 Å². The lowest BCUT2D eigenvalue weighted by atomic mass is 10.1. The number of aryl methyl sites for hydroxylation is 1. The first-order valence-electron chi connectivity index (χ1n) is 11.4. The number of rotatable bonds is 6. The van der Waals surface area contributed by atoms with Gasteiger partial charge >= 0.3 is 0 Å². The van der Waals surface area contributed by atoms with Crippen molar-refractivity contribution in [2.45, 2.75) is 26.0 Å². The zero-order valence-corrected chi connectivity index (χ0v) is 19.5. The minimum atomic E-state index is -2.53. The summed E-state index contributed by atoms with van der Waals surface area (Å²) in [5.41, 5.74) is 1.89. The Morgan fingerprint density at radius 1 is 1.03 bits per heavy atom. The summed E-state index contributed by atoms with van der Waals surface area (Å²) in [6.45, 7) is 5.73. The Morgan fingerprint density at radius 2 is 1.80 bits per heavy atom. The minimum absolute atomic E-state index is 0.0555. The zero-order chi connectivity index (χ0) is 24.5. The molecule has 0 spiro atoms. The molecule has 2 aromatic heterocycles. The van der Waals surface area contributed by atoms with E-state index in [1.807, 2.05) is 13.1 Å². The van der Waals surface area contributed by atoms with Crippen LogP contribution in [-0.4, -0.2) is 86.7 Å². The molecular formula is C23H26F2N8O2. The molecule has 4 heterocycles. The van der Waals surface area contributed by atoms with Crippen LogP contribution in [0, 0.1) is 6.92 Å². The van der Waals surface area contributed by atoms with Gasteiger partial charge in [0.2, 0.25) is 11.8 Å². The smallest absolute Gasteiger partial charge is 0.263 e. The molecule has 1 aromatic carbocycles. The summed E-state index contributed by atoms with van der Waals surface area (Å²) in [5, 5.41) is 16.7. The number of ether oxygens (including phenoxy) is 1. The lowest BCUT2D eigenvalue weighted by Crippen LogP contribution is -2.64. The molecule has 1 atom stereocenters. The summed E-state index contributed by atoms with van der Waals surface area (Å²) >= 11 is 0. The van der Waals surface area contributed by atoms with Gasteiger partial charge in [-0.2, -0.15) is 0 Å². The Kier molecular flexibility index (Phi) is 6.29. The lowest BCUT2D eigenvalue weighted by molar-refractivity contribution is -0.140. The minimum Gasteiger partial charge on any atom is -0.470 e. The highest BCUT2D eigenvalue weighted by Crippen LogP contribution is 2.23. The summed E-state index contributed by atoms with van der Waals surface area (Å²) in [5.74, 6) is 1.17. The van der Waals surface area contributed by atoms with Crippen molar-refractivity contribution in [3.63, 3.8) is 0 Å². The maximum Gasteiger partial charge on any atom is 0.263 e. The monoisotopic (exact) mass is 484 g/mol. The van der Waals surface area contributed by atoms with Crippen LogP contribution >= 0.6 is 0 Å². The topological polar surface area (TPSA) is 92.5 Å². The normalized spacial score (nSPS) is 18.8. The van der Waals surface area contributed by atoms with E-state index < -0.39 is 6.43 Å². The number of likely N-dealkylation sites (N-methyl/N-ethyl adjacent to an activating group) is 1. The number of anilines is 1. The molecule has 0 radical (unpaired) electrons. The van der Waals surface area contributed by atoms with Crippen LogP contribution in [0.1, 0.15) is 23.4 Å². The van der Waals surface area contributed by atoms with Crippen molar-refractivity contribution >= 4 is 11.7 Å². The number of amides is 1. The fourth-order valence-corrected chi connectivity index (χ4v) is 4.39. The molecule has 184 valence electrons. The quantitative estimate of drug-likeness (QED) is 0.524. The molecular weight excluding hydrogens is 458 g/mol. The molecule has 0 unspecified atom stereocenters. The second-order valence-corrected chi connectivity index (χ2v) is 8.70. The SMILES string of the molecule is Cc1nnn(-c2ccc(C(F)F)cc2)c1COc1ccc(N2CCN3CCN(C)C(=O)[C@@H]3C2)nn1. The first-order chi connectivity index (χ1) is 16.9. The number of benzene rings is 1. The molecule has 1 amide bonds. The molecule has 12 heteroatoms. The first-order valence-corrected chi connectivity index (χ1v) is 11.4. The van der Waals surface area contributed by atoms with E-state index in [1.165, 1.54) is 12.1 Å². The van der Waals surface area contributed by atoms with Crippen LogP contribution in [0.2, 0.25) is 0 Å². The largest absolute Gasteiger partial charge is 0.470 e. The maximum absolute atomic E-state index is 12.9. The second kappa shape index (κ2) is 9.53. The number of aromatic nitrogens is 5. The third kappa shape index (κ3) is 4.65. The number of hydrogen-bond acceptors (Lipinski definition) is 8. The number of fused-ring (bicyclic) bond motifs is 1. The van der Waals surface area contributed by atoms with Crippen LogP contribution in [-0.2, 0) is 11.4 Å². The van der Waals surface area contributed by atoms with E-state index in [0.717, 1.165) is 26.2 Å². The van der Waals surface area contributed by atoms with Gasteiger partial charge in [0.15, 0.2) is 5.82 Å². The van der Waals surface area contributed by atoms with Crippen LogP contribution in [0.4, 0.5) is 14.6 Å². The fraction of sp³-hybridized carbons (Fsp3) is 0.435. The Balaban J connectivity index is 1.24. The van der Waals surface area contributed by atoms with Gasteiger partial charge in [-0.05, 0) is 25.1 Å². The zero-order valence-electron chi connectivity index (χ0n) is 19.5. The summed E-state index contributed by atoms with van der Waals surface area (Å²) in [6.07, 6.45) is -2.53. The van der Waals surface area contributed by atoms with Crippen molar-refractivity contribution in [1.82, 2.24) is 35.0 Å². The van der Waals surface area contributed by atoms with Crippen molar-refractivity contribution in [2.24, 2.45) is 0 Å². The average molecular weight is 485 g/mol. The van der Waals surface area contributed by atoms with Crippen LogP contribution in [0.5, 0.6) is 5.88 Å². The predicted octanol–water partition coefficient (Wildman–Crippen LogP) is 1.84. The van der Waals surface area contributed by atoms with Crippen LogP contribution in [0.25, 0.3) is 5.69 Å². The van der Waals surface area contributed by atoms with E-state index in [9.17, 15) is 13.6 Å². The predicted molar refractivity (Wildman–Crippen MR) is 123 cm³/mol. The van der Waals surface area contributed by atoms with E-state index in [1.54, 1.807) is 34.7 Å². The van der Waals surface area contributed by atoms with Crippen LogP contribution < -0.4 is 9.64 Å². The molecule has 0 N–H and O–H groups in total. The van der Waals surface area contributed by atoms with E-state index >= 15 is 0 Å². The van der Waals surface area contributed by atoms with Gasteiger partial charge in [-0.15, -0.1) is 15.3 Å². The van der Waals surface area contributed by atoms with Gasteiger partial charge in [0.1, 0.15) is 18.3 Å². The van der Waals surface area contributed by atoms with Gasteiger partial charge in [-0.3, -0.25) is 9.69 Å². The lowest BCUT2D eigenvalue weighted by Gasteiger charge is -2.45. The fourth-order valence-electron chi connectivity index (χ4n) is 4.39. The highest BCUT2D eigenvalue weighted by molar-refractivity contribution is 5.83. The number of carbonyl (C=O) groups is 1. The van der Waals surface area contributed by atoms with Crippen molar-refractivity contribution in [1.29, 1.82) is 0 Å². The second-order valence-electron chi connectivity index (χ2n) is 8.70. The number of carbonyl (C=O) groups excluding carboxylic acids is 1. The molecule has 0 saturated carbocycles. The van der Waals surface area contributed by atoms with Gasteiger partial charge in [0.05, 0.1) is 11.4 Å². The Hall–Kier alpha value is -3.67. The number of alkyl halides is 2. The molecule has 0 bridgehead atoms. The molecule has 2 aliphatic heterocycles. The highest BCUT2D eigenvalue weighted by atomic mass is 19.3. The molecule has 0 aliphatic carbocycles. The van der Waals surface area contributed by atoms with E-state index in [4.69, 9.17) is 4.74 Å². The Labute approximate surface area is 201 Å². The van der Waals surface area contributed by atoms with Crippen molar-refractivity contribution in [3.8, 4) is 11.6 Å². The standard InChI is InChI=1S/C23H26F2N8O2/c1-15-19(33(29-26-15)17-5-3-16(4-6-17)22(24)25)14-35-21-8-7-20(27-28-21)32-12-11-31-10-9-30(2)23(34)18(31)13-32/h3-8,18,22H,9-14H2,1-2H3/t18-/m0/s1. The Morgan fingerprint density at radius 3 is 2.51 bits per heavy atom. The van der Waals surface area contributed by atoms with E-state index in [2.05, 4.69) is 30.3 Å². The third-order valence-corrected chi connectivity index (χ3v) is 6.53. The highest BCUT2D eigenvalue weighted by Gasteiger charge is 2.37. The molecule has 35 heavy (non-hydrogen) atoms. The number of nitrogens with zero attached hydrogens (tertiary/aromatic N) is 8. The number of hydrogen-bond donors (Lipinski definition) is 0.